The van der Waals surface area contributed by atoms with Gasteiger partial charge in [0.15, 0.2) is 0 Å². The van der Waals surface area contributed by atoms with E-state index in [0.29, 0.717) is 0 Å². The van der Waals surface area contributed by atoms with Crippen molar-refractivity contribution in [2.75, 3.05) is 0 Å². The van der Waals surface area contributed by atoms with Crippen molar-refractivity contribution in [3.8, 4) is 33.4 Å². The van der Waals surface area contributed by atoms with E-state index in [-0.39, 0.29) is 0 Å². The van der Waals surface area contributed by atoms with Crippen molar-refractivity contribution in [2.24, 2.45) is 0 Å². The molecule has 0 aliphatic rings. The molecule has 0 unspecified atom stereocenters. The minimum atomic E-state index is 0.927. The first kappa shape index (κ1) is 30.3. The molecule has 1 aromatic heterocycles. The molecule has 0 aliphatic carbocycles. The number of benzene rings is 11. The van der Waals surface area contributed by atoms with Gasteiger partial charge in [-0.05, 0) is 123 Å². The van der Waals surface area contributed by atoms with Gasteiger partial charge < -0.3 is 4.42 Å². The predicted molar refractivity (Wildman–Crippen MR) is 235 cm³/mol. The predicted octanol–water partition coefficient (Wildman–Crippen LogP) is 15.5. The van der Waals surface area contributed by atoms with E-state index in [2.05, 4.69) is 194 Å². The summed E-state index contributed by atoms with van der Waals surface area (Å²) >= 11 is 0. The third-order valence-electron chi connectivity index (χ3n) is 11.8. The fourth-order valence-corrected chi connectivity index (χ4v) is 9.24. The lowest BCUT2D eigenvalue weighted by molar-refractivity contribution is 0.673. The highest BCUT2D eigenvalue weighted by Gasteiger charge is 2.19. The van der Waals surface area contributed by atoms with Crippen LogP contribution in [-0.4, -0.2) is 0 Å². The standard InChI is InChI=1S/C54H32O/c1-2-12-36-29-40(26-23-33(36)11-1)52-45-19-9-7-17-43(45)51(44-18-8-10-20-46(44)52)35-24-21-34(22-25-35)39-27-28-47-48(30-39)41-15-5-6-16-42(41)53-49-31-37-13-3-4-14-38(37)32-50(49)55-54(47)53/h1-32H. The van der Waals surface area contributed by atoms with Gasteiger partial charge in [0.1, 0.15) is 11.2 Å². The minimum Gasteiger partial charge on any atom is -0.455 e. The molecular weight excluding hydrogens is 665 g/mol. The van der Waals surface area contributed by atoms with Crippen LogP contribution in [0.2, 0.25) is 0 Å². The van der Waals surface area contributed by atoms with Gasteiger partial charge in [0, 0.05) is 16.2 Å². The van der Waals surface area contributed by atoms with Crippen LogP contribution in [-0.2, 0) is 0 Å². The topological polar surface area (TPSA) is 13.1 Å². The molecule has 1 heteroatoms. The second-order valence-corrected chi connectivity index (χ2v) is 14.8. The summed E-state index contributed by atoms with van der Waals surface area (Å²) < 4.78 is 6.72. The molecule has 0 N–H and O–H groups in total. The molecule has 0 atom stereocenters. The van der Waals surface area contributed by atoms with Crippen molar-refractivity contribution in [3.05, 3.63) is 194 Å². The van der Waals surface area contributed by atoms with Crippen LogP contribution in [0.25, 0.3) is 120 Å². The Kier molecular flexibility index (Phi) is 6.40. The van der Waals surface area contributed by atoms with Crippen molar-refractivity contribution in [1.82, 2.24) is 0 Å². The van der Waals surface area contributed by atoms with Gasteiger partial charge in [-0.25, -0.2) is 0 Å². The van der Waals surface area contributed by atoms with Crippen LogP contribution in [0.15, 0.2) is 199 Å². The number of rotatable bonds is 3. The van der Waals surface area contributed by atoms with Crippen LogP contribution in [0.5, 0.6) is 0 Å². The molecule has 55 heavy (non-hydrogen) atoms. The van der Waals surface area contributed by atoms with Crippen molar-refractivity contribution >= 4 is 86.6 Å². The second-order valence-electron chi connectivity index (χ2n) is 14.8. The summed E-state index contributed by atoms with van der Waals surface area (Å²) in [7, 11) is 0. The lowest BCUT2D eigenvalue weighted by Gasteiger charge is -2.18. The van der Waals surface area contributed by atoms with E-state index in [4.69, 9.17) is 4.42 Å². The highest BCUT2D eigenvalue weighted by molar-refractivity contribution is 6.31. The van der Waals surface area contributed by atoms with E-state index in [1.807, 2.05) is 0 Å². The lowest BCUT2D eigenvalue weighted by Crippen LogP contribution is -1.91. The zero-order valence-corrected chi connectivity index (χ0v) is 29.9. The molecule has 0 saturated carbocycles. The Labute approximate surface area is 317 Å². The van der Waals surface area contributed by atoms with E-state index < -0.39 is 0 Å². The summed E-state index contributed by atoms with van der Waals surface area (Å²) in [5, 5.41) is 17.1. The third-order valence-corrected chi connectivity index (χ3v) is 11.8. The van der Waals surface area contributed by atoms with E-state index in [1.54, 1.807) is 0 Å². The Morgan fingerprint density at radius 2 is 0.745 bits per heavy atom. The number of fused-ring (bicyclic) bond motifs is 12. The van der Waals surface area contributed by atoms with E-state index in [1.165, 1.54) is 98.0 Å². The third kappa shape index (κ3) is 4.54. The summed E-state index contributed by atoms with van der Waals surface area (Å²) in [6.45, 7) is 0. The molecule has 0 spiro atoms. The average molecular weight is 697 g/mol. The van der Waals surface area contributed by atoms with Crippen LogP contribution in [0.1, 0.15) is 0 Å². The monoisotopic (exact) mass is 696 g/mol. The number of hydrogen-bond acceptors (Lipinski definition) is 1. The fourth-order valence-electron chi connectivity index (χ4n) is 9.24. The van der Waals surface area contributed by atoms with Gasteiger partial charge in [-0.3, -0.25) is 0 Å². The maximum absolute atomic E-state index is 6.72. The van der Waals surface area contributed by atoms with Gasteiger partial charge in [0.2, 0.25) is 0 Å². The van der Waals surface area contributed by atoms with Crippen LogP contribution in [0, 0.1) is 0 Å². The Morgan fingerprint density at radius 3 is 1.42 bits per heavy atom. The summed E-state index contributed by atoms with van der Waals surface area (Å²) in [6, 6.07) is 71.1. The van der Waals surface area contributed by atoms with Crippen molar-refractivity contribution in [3.63, 3.8) is 0 Å². The van der Waals surface area contributed by atoms with E-state index in [9.17, 15) is 0 Å². The van der Waals surface area contributed by atoms with Gasteiger partial charge in [0.05, 0.1) is 0 Å². The zero-order valence-electron chi connectivity index (χ0n) is 29.9. The number of furan rings is 1. The highest BCUT2D eigenvalue weighted by Crippen LogP contribution is 2.46. The van der Waals surface area contributed by atoms with Gasteiger partial charge in [-0.2, -0.15) is 0 Å². The average Bonchev–Trinajstić information content (AvgIpc) is 3.63. The summed E-state index contributed by atoms with van der Waals surface area (Å²) in [6.07, 6.45) is 0. The SMILES string of the molecule is c1ccc2cc(-c3c4ccccc4c(-c4ccc(-c5ccc6c(c5)c5ccccc5c5c7cc8ccccc8cc7oc65)cc4)c4ccccc34)ccc2c1. The van der Waals surface area contributed by atoms with Gasteiger partial charge >= 0.3 is 0 Å². The summed E-state index contributed by atoms with van der Waals surface area (Å²) in [4.78, 5) is 0. The number of hydrogen-bond donors (Lipinski definition) is 0. The molecule has 11 aromatic carbocycles. The smallest absolute Gasteiger partial charge is 0.143 e. The van der Waals surface area contributed by atoms with Gasteiger partial charge in [-0.15, -0.1) is 0 Å². The molecular formula is C54H32O. The fraction of sp³-hybridized carbons (Fsp3) is 0. The first-order valence-electron chi connectivity index (χ1n) is 19.0. The molecule has 1 nitrogen and oxygen atoms in total. The quantitative estimate of drug-likeness (QED) is 0.132. The largest absolute Gasteiger partial charge is 0.455 e. The van der Waals surface area contributed by atoms with E-state index >= 15 is 0 Å². The first-order chi connectivity index (χ1) is 27.3. The van der Waals surface area contributed by atoms with Crippen LogP contribution in [0.3, 0.4) is 0 Å². The lowest BCUT2D eigenvalue weighted by atomic mass is 9.85. The maximum Gasteiger partial charge on any atom is 0.143 e. The summed E-state index contributed by atoms with van der Waals surface area (Å²) in [5.41, 5.74) is 9.26. The summed E-state index contributed by atoms with van der Waals surface area (Å²) in [5.74, 6) is 0. The Hall–Kier alpha value is -7.22. The molecule has 0 radical (unpaired) electrons. The Morgan fingerprint density at radius 1 is 0.255 bits per heavy atom. The van der Waals surface area contributed by atoms with Gasteiger partial charge in [-0.1, -0.05) is 164 Å². The van der Waals surface area contributed by atoms with Crippen molar-refractivity contribution in [2.45, 2.75) is 0 Å². The molecule has 254 valence electrons. The van der Waals surface area contributed by atoms with Crippen LogP contribution >= 0.6 is 0 Å². The van der Waals surface area contributed by atoms with Crippen LogP contribution in [0.4, 0.5) is 0 Å². The molecule has 12 rings (SSSR count). The zero-order chi connectivity index (χ0) is 36.0. The van der Waals surface area contributed by atoms with Crippen molar-refractivity contribution < 1.29 is 4.42 Å². The Balaban J connectivity index is 1.02. The van der Waals surface area contributed by atoms with Crippen molar-refractivity contribution in [1.29, 1.82) is 0 Å². The molecule has 0 saturated heterocycles. The first-order valence-corrected chi connectivity index (χ1v) is 19.0. The molecule has 0 aliphatic heterocycles. The normalized spacial score (nSPS) is 12.0. The molecule has 12 aromatic rings. The maximum atomic E-state index is 6.72. The molecule has 0 amide bonds. The van der Waals surface area contributed by atoms with Crippen LogP contribution < -0.4 is 0 Å². The van der Waals surface area contributed by atoms with Gasteiger partial charge in [0.25, 0.3) is 0 Å². The highest BCUT2D eigenvalue weighted by atomic mass is 16.3. The minimum absolute atomic E-state index is 0.927. The Bertz CT molecular complexity index is 3470. The second kappa shape index (κ2) is 11.6. The van der Waals surface area contributed by atoms with E-state index in [0.717, 1.165) is 21.9 Å². The molecule has 0 bridgehead atoms. The molecule has 0 fully saturated rings. The molecule has 1 heterocycles.